The number of fused-ring (bicyclic) bond motifs is 3. The zero-order valence-corrected chi connectivity index (χ0v) is 12.2. The number of nitrogens with zero attached hydrogens (tertiary/aromatic N) is 2. The SMILES string of the molecule is Brc1ccc2c(c1)-c1ncc(-c3ccccc3)n1CO2. The van der Waals surface area contributed by atoms with Crippen LogP contribution in [0, 0.1) is 0 Å². The van der Waals surface area contributed by atoms with E-state index in [9.17, 15) is 0 Å². The minimum Gasteiger partial charge on any atom is -0.472 e. The number of halogens is 1. The second kappa shape index (κ2) is 4.49. The van der Waals surface area contributed by atoms with Crippen LogP contribution in [-0.2, 0) is 6.73 Å². The van der Waals surface area contributed by atoms with Crippen LogP contribution in [0.3, 0.4) is 0 Å². The molecule has 4 heteroatoms. The number of rotatable bonds is 1. The smallest absolute Gasteiger partial charge is 0.167 e. The topological polar surface area (TPSA) is 27.1 Å². The van der Waals surface area contributed by atoms with Gasteiger partial charge in [0.05, 0.1) is 17.5 Å². The number of benzene rings is 2. The lowest BCUT2D eigenvalue weighted by molar-refractivity contribution is 0.231. The van der Waals surface area contributed by atoms with Crippen LogP contribution in [0.4, 0.5) is 0 Å². The summed E-state index contributed by atoms with van der Waals surface area (Å²) in [5, 5.41) is 0. The van der Waals surface area contributed by atoms with Crippen LogP contribution in [0.2, 0.25) is 0 Å². The maximum Gasteiger partial charge on any atom is 0.167 e. The van der Waals surface area contributed by atoms with Gasteiger partial charge in [0, 0.05) is 4.47 Å². The summed E-state index contributed by atoms with van der Waals surface area (Å²) >= 11 is 3.50. The van der Waals surface area contributed by atoms with Crippen molar-refractivity contribution in [3.05, 3.63) is 59.2 Å². The molecule has 0 saturated heterocycles. The molecule has 3 aromatic rings. The quantitative estimate of drug-likeness (QED) is 0.665. The Balaban J connectivity index is 1.91. The van der Waals surface area contributed by atoms with Crippen molar-refractivity contribution < 1.29 is 4.74 Å². The highest BCUT2D eigenvalue weighted by Crippen LogP contribution is 2.37. The van der Waals surface area contributed by atoms with E-state index < -0.39 is 0 Å². The maximum absolute atomic E-state index is 5.83. The Morgan fingerprint density at radius 2 is 1.95 bits per heavy atom. The van der Waals surface area contributed by atoms with E-state index in [2.05, 4.69) is 37.6 Å². The fraction of sp³-hybridized carbons (Fsp3) is 0.0625. The molecule has 98 valence electrons. The van der Waals surface area contributed by atoms with Gasteiger partial charge < -0.3 is 4.74 Å². The standard InChI is InChI=1S/C16H11BrN2O/c17-12-6-7-15-13(8-12)16-18-9-14(19(16)10-20-15)11-4-2-1-3-5-11/h1-9H,10H2. The Hall–Kier alpha value is -2.07. The second-order valence-electron chi connectivity index (χ2n) is 4.68. The van der Waals surface area contributed by atoms with E-state index in [0.29, 0.717) is 6.73 Å². The van der Waals surface area contributed by atoms with E-state index in [-0.39, 0.29) is 0 Å². The molecule has 20 heavy (non-hydrogen) atoms. The molecule has 2 heterocycles. The molecule has 3 nitrogen and oxygen atoms in total. The van der Waals surface area contributed by atoms with Crippen molar-refractivity contribution in [3.8, 4) is 28.4 Å². The van der Waals surface area contributed by atoms with Crippen LogP contribution < -0.4 is 4.74 Å². The number of hydrogen-bond donors (Lipinski definition) is 0. The summed E-state index contributed by atoms with van der Waals surface area (Å²) in [6, 6.07) is 16.2. The van der Waals surface area contributed by atoms with Crippen LogP contribution in [0.5, 0.6) is 5.75 Å². The highest BCUT2D eigenvalue weighted by molar-refractivity contribution is 9.10. The molecule has 0 saturated carbocycles. The molecule has 0 radical (unpaired) electrons. The lowest BCUT2D eigenvalue weighted by Gasteiger charge is -2.21. The van der Waals surface area contributed by atoms with Gasteiger partial charge in [-0.25, -0.2) is 4.98 Å². The molecular weight excluding hydrogens is 316 g/mol. The van der Waals surface area contributed by atoms with E-state index in [1.165, 1.54) is 0 Å². The summed E-state index contributed by atoms with van der Waals surface area (Å²) in [5.74, 6) is 1.83. The van der Waals surface area contributed by atoms with Crippen LogP contribution in [0.15, 0.2) is 59.2 Å². The molecule has 0 aliphatic carbocycles. The average Bonchev–Trinajstić information content (AvgIpc) is 2.92. The fourth-order valence-corrected chi connectivity index (χ4v) is 2.86. The number of imidazole rings is 1. The molecule has 0 atom stereocenters. The summed E-state index contributed by atoms with van der Waals surface area (Å²) in [7, 11) is 0. The van der Waals surface area contributed by atoms with Gasteiger partial charge in [0.15, 0.2) is 6.73 Å². The van der Waals surface area contributed by atoms with Crippen molar-refractivity contribution in [1.29, 1.82) is 0 Å². The monoisotopic (exact) mass is 326 g/mol. The molecule has 0 spiro atoms. The van der Waals surface area contributed by atoms with E-state index in [4.69, 9.17) is 4.74 Å². The lowest BCUT2D eigenvalue weighted by Crippen LogP contribution is -2.13. The minimum atomic E-state index is 0.494. The predicted molar refractivity (Wildman–Crippen MR) is 81.4 cm³/mol. The first-order valence-electron chi connectivity index (χ1n) is 6.36. The molecule has 2 aromatic carbocycles. The maximum atomic E-state index is 5.83. The van der Waals surface area contributed by atoms with Gasteiger partial charge in [-0.2, -0.15) is 0 Å². The van der Waals surface area contributed by atoms with E-state index in [1.54, 1.807) is 0 Å². The molecular formula is C16H11BrN2O. The molecule has 1 aromatic heterocycles. The largest absolute Gasteiger partial charge is 0.472 e. The molecule has 4 rings (SSSR count). The van der Waals surface area contributed by atoms with Gasteiger partial charge in [-0.05, 0) is 23.8 Å². The summed E-state index contributed by atoms with van der Waals surface area (Å²) in [6.45, 7) is 0.494. The molecule has 0 unspecified atom stereocenters. The second-order valence-corrected chi connectivity index (χ2v) is 5.59. The summed E-state index contributed by atoms with van der Waals surface area (Å²) in [5.41, 5.74) is 3.24. The Bertz CT molecular complexity index is 780. The van der Waals surface area contributed by atoms with Gasteiger partial charge in [-0.3, -0.25) is 4.57 Å². The molecule has 1 aliphatic heterocycles. The minimum absolute atomic E-state index is 0.494. The van der Waals surface area contributed by atoms with Crippen molar-refractivity contribution in [1.82, 2.24) is 9.55 Å². The Labute approximate surface area is 125 Å². The third kappa shape index (κ3) is 1.76. The van der Waals surface area contributed by atoms with E-state index >= 15 is 0 Å². The highest BCUT2D eigenvalue weighted by atomic mass is 79.9. The fourth-order valence-electron chi connectivity index (χ4n) is 2.50. The zero-order chi connectivity index (χ0) is 13.5. The van der Waals surface area contributed by atoms with Gasteiger partial charge in [-0.1, -0.05) is 46.3 Å². The highest BCUT2D eigenvalue weighted by Gasteiger charge is 2.21. The van der Waals surface area contributed by atoms with Gasteiger partial charge in [0.2, 0.25) is 0 Å². The summed E-state index contributed by atoms with van der Waals surface area (Å²) < 4.78 is 8.95. The molecule has 0 bridgehead atoms. The molecule has 0 fully saturated rings. The number of hydrogen-bond acceptors (Lipinski definition) is 2. The van der Waals surface area contributed by atoms with Gasteiger partial charge in [-0.15, -0.1) is 0 Å². The van der Waals surface area contributed by atoms with Crippen LogP contribution in [0.1, 0.15) is 0 Å². The van der Waals surface area contributed by atoms with Crippen molar-refractivity contribution in [3.63, 3.8) is 0 Å². The Morgan fingerprint density at radius 3 is 2.80 bits per heavy atom. The van der Waals surface area contributed by atoms with Crippen molar-refractivity contribution in [2.75, 3.05) is 0 Å². The van der Waals surface area contributed by atoms with Crippen LogP contribution in [0.25, 0.3) is 22.6 Å². The van der Waals surface area contributed by atoms with Gasteiger partial charge in [0.25, 0.3) is 0 Å². The summed E-state index contributed by atoms with van der Waals surface area (Å²) in [6.07, 6.45) is 1.91. The van der Waals surface area contributed by atoms with E-state index in [1.807, 2.05) is 42.6 Å². The first-order valence-corrected chi connectivity index (χ1v) is 7.16. The molecule has 1 aliphatic rings. The Kier molecular flexibility index (Phi) is 2.63. The number of aromatic nitrogens is 2. The molecule has 0 amide bonds. The third-order valence-electron chi connectivity index (χ3n) is 3.46. The van der Waals surface area contributed by atoms with Crippen molar-refractivity contribution in [2.45, 2.75) is 6.73 Å². The predicted octanol–water partition coefficient (Wildman–Crippen LogP) is 4.33. The van der Waals surface area contributed by atoms with E-state index in [0.717, 1.165) is 32.9 Å². The first-order chi connectivity index (χ1) is 9.83. The average molecular weight is 327 g/mol. The van der Waals surface area contributed by atoms with Crippen LogP contribution >= 0.6 is 15.9 Å². The Morgan fingerprint density at radius 1 is 1.10 bits per heavy atom. The normalized spacial score (nSPS) is 12.4. The van der Waals surface area contributed by atoms with Crippen molar-refractivity contribution >= 4 is 15.9 Å². The molecule has 0 N–H and O–H groups in total. The first kappa shape index (κ1) is 11.7. The lowest BCUT2D eigenvalue weighted by atomic mass is 10.1. The van der Waals surface area contributed by atoms with Crippen LogP contribution in [-0.4, -0.2) is 9.55 Å². The van der Waals surface area contributed by atoms with Gasteiger partial charge in [0.1, 0.15) is 11.6 Å². The zero-order valence-electron chi connectivity index (χ0n) is 10.6. The summed E-state index contributed by atoms with van der Waals surface area (Å²) in [4.78, 5) is 4.58. The van der Waals surface area contributed by atoms with Crippen molar-refractivity contribution in [2.24, 2.45) is 0 Å². The third-order valence-corrected chi connectivity index (χ3v) is 3.95. The van der Waals surface area contributed by atoms with Gasteiger partial charge >= 0.3 is 0 Å². The number of ether oxygens (including phenoxy) is 1.